The molecule has 1 unspecified atom stereocenters. The molecule has 0 saturated carbocycles. The van der Waals surface area contributed by atoms with E-state index in [2.05, 4.69) is 10.0 Å². The minimum Gasteiger partial charge on any atom is -0.496 e. The van der Waals surface area contributed by atoms with E-state index in [4.69, 9.17) is 26.2 Å². The van der Waals surface area contributed by atoms with Crippen LogP contribution in [0.2, 0.25) is 5.02 Å². The van der Waals surface area contributed by atoms with Gasteiger partial charge in [-0.25, -0.2) is 13.2 Å². The van der Waals surface area contributed by atoms with E-state index < -0.39 is 28.0 Å². The van der Waals surface area contributed by atoms with Crippen LogP contribution >= 0.6 is 11.6 Å². The Hall–Kier alpha value is -2.98. The molecule has 1 atom stereocenters. The third kappa shape index (κ3) is 3.69. The number of carboxylic acid groups (broad SMARTS) is 1. The topological polar surface area (TPSA) is 131 Å². The lowest BCUT2D eigenvalue weighted by atomic mass is 10.2. The number of hydrogen-bond acceptors (Lipinski definition) is 6. The number of halogens is 1. The highest BCUT2D eigenvalue weighted by atomic mass is 35.5. The number of fused-ring (bicyclic) bond motifs is 1. The normalized spacial score (nSPS) is 15.8. The minimum atomic E-state index is -4.10. The molecule has 1 heterocycles. The summed E-state index contributed by atoms with van der Waals surface area (Å²) in [6.07, 6.45) is -0.688. The van der Waals surface area contributed by atoms with E-state index in [1.165, 1.54) is 31.4 Å². The molecule has 0 radical (unpaired) electrons. The van der Waals surface area contributed by atoms with Gasteiger partial charge >= 0.3 is 5.97 Å². The van der Waals surface area contributed by atoms with E-state index in [9.17, 15) is 18.0 Å². The number of methoxy groups -OCH3 is 1. The molecule has 3 rings (SSSR count). The number of aromatic carboxylic acids is 1. The molecular weight excluding hydrogens is 412 g/mol. The summed E-state index contributed by atoms with van der Waals surface area (Å²) in [6, 6.07) is 6.24. The van der Waals surface area contributed by atoms with Gasteiger partial charge in [0.15, 0.2) is 6.10 Å². The average Bonchev–Trinajstić information content (AvgIpc) is 2.63. The molecule has 9 nitrogen and oxygen atoms in total. The average molecular weight is 427 g/mol. The van der Waals surface area contributed by atoms with E-state index in [-0.39, 0.29) is 32.6 Å². The van der Waals surface area contributed by atoms with Crippen LogP contribution in [0.3, 0.4) is 0 Å². The summed E-state index contributed by atoms with van der Waals surface area (Å²) < 4.78 is 38.1. The van der Waals surface area contributed by atoms with Crippen molar-refractivity contribution in [3.8, 4) is 11.5 Å². The van der Waals surface area contributed by atoms with Crippen molar-refractivity contribution in [2.45, 2.75) is 17.9 Å². The summed E-state index contributed by atoms with van der Waals surface area (Å²) in [5.41, 5.74) is -0.0516. The lowest BCUT2D eigenvalue weighted by Gasteiger charge is -2.23. The quantitative estimate of drug-likeness (QED) is 0.669. The second kappa shape index (κ2) is 7.21. The molecule has 1 amide bonds. The molecule has 28 heavy (non-hydrogen) atoms. The molecule has 0 aromatic heterocycles. The van der Waals surface area contributed by atoms with Crippen LogP contribution in [0.5, 0.6) is 11.5 Å². The van der Waals surface area contributed by atoms with Crippen molar-refractivity contribution < 1.29 is 32.6 Å². The standard InChI is InChI=1S/C17H15ClN2O7S/c1-8-16(21)19-13-5-9(3-4-14(13)27-8)28(24,25)20-12-7-15(26-2)10(17(22)23)6-11(12)18/h3-8,20H,1-2H3,(H,19,21)(H,22,23). The molecule has 0 fully saturated rings. The van der Waals surface area contributed by atoms with Crippen molar-refractivity contribution in [3.63, 3.8) is 0 Å². The molecule has 0 bridgehead atoms. The molecule has 3 N–H and O–H groups in total. The van der Waals surface area contributed by atoms with E-state index in [1.54, 1.807) is 6.92 Å². The second-order valence-electron chi connectivity index (χ2n) is 5.85. The fraction of sp³-hybridized carbons (Fsp3) is 0.176. The van der Waals surface area contributed by atoms with E-state index in [0.717, 1.165) is 6.07 Å². The van der Waals surface area contributed by atoms with Gasteiger partial charge in [0.25, 0.3) is 15.9 Å². The van der Waals surface area contributed by atoms with Crippen LogP contribution < -0.4 is 19.5 Å². The number of sulfonamides is 1. The van der Waals surface area contributed by atoms with Gasteiger partial charge in [0.1, 0.15) is 17.1 Å². The first-order chi connectivity index (χ1) is 13.1. The minimum absolute atomic E-state index is 0.0601. The Balaban J connectivity index is 1.96. The van der Waals surface area contributed by atoms with Gasteiger partial charge in [-0.3, -0.25) is 9.52 Å². The van der Waals surface area contributed by atoms with Gasteiger partial charge in [-0.15, -0.1) is 0 Å². The van der Waals surface area contributed by atoms with Crippen molar-refractivity contribution >= 4 is 44.9 Å². The molecule has 1 aliphatic heterocycles. The molecule has 0 aliphatic carbocycles. The third-order valence-electron chi connectivity index (χ3n) is 3.96. The first-order valence-corrected chi connectivity index (χ1v) is 9.73. The largest absolute Gasteiger partial charge is 0.496 e. The number of nitrogens with one attached hydrogen (secondary N) is 2. The van der Waals surface area contributed by atoms with Gasteiger partial charge in [-0.05, 0) is 31.2 Å². The molecule has 1 aliphatic rings. The van der Waals surface area contributed by atoms with Crippen molar-refractivity contribution in [2.24, 2.45) is 0 Å². The van der Waals surface area contributed by atoms with Crippen molar-refractivity contribution in [3.05, 3.63) is 40.9 Å². The monoisotopic (exact) mass is 426 g/mol. The third-order valence-corrected chi connectivity index (χ3v) is 5.63. The van der Waals surface area contributed by atoms with E-state index in [0.29, 0.717) is 5.75 Å². The summed E-state index contributed by atoms with van der Waals surface area (Å²) in [4.78, 5) is 22.8. The maximum Gasteiger partial charge on any atom is 0.339 e. The Morgan fingerprint density at radius 2 is 2.04 bits per heavy atom. The Kier molecular flexibility index (Phi) is 5.09. The molecule has 0 saturated heterocycles. The zero-order chi connectivity index (χ0) is 20.6. The van der Waals surface area contributed by atoms with Crippen LogP contribution in [0.4, 0.5) is 11.4 Å². The fourth-order valence-corrected chi connectivity index (χ4v) is 3.89. The predicted molar refractivity (Wildman–Crippen MR) is 101 cm³/mol. The summed E-state index contributed by atoms with van der Waals surface area (Å²) in [6.45, 7) is 1.57. The first kappa shape index (κ1) is 19.8. The summed E-state index contributed by atoms with van der Waals surface area (Å²) in [5, 5.41) is 11.6. The van der Waals surface area contributed by atoms with Gasteiger partial charge in [0, 0.05) is 6.07 Å². The molecular formula is C17H15ClN2O7S. The van der Waals surface area contributed by atoms with Crippen molar-refractivity contribution in [1.82, 2.24) is 0 Å². The highest BCUT2D eigenvalue weighted by molar-refractivity contribution is 7.92. The van der Waals surface area contributed by atoms with Crippen LogP contribution in [0.15, 0.2) is 35.2 Å². The van der Waals surface area contributed by atoms with Crippen molar-refractivity contribution in [2.75, 3.05) is 17.1 Å². The maximum absolute atomic E-state index is 12.7. The molecule has 11 heteroatoms. The number of rotatable bonds is 5. The van der Waals surface area contributed by atoms with Crippen molar-refractivity contribution in [1.29, 1.82) is 0 Å². The van der Waals surface area contributed by atoms with Gasteiger partial charge in [-0.1, -0.05) is 11.6 Å². The Morgan fingerprint density at radius 3 is 2.68 bits per heavy atom. The lowest BCUT2D eigenvalue weighted by molar-refractivity contribution is -0.122. The van der Waals surface area contributed by atoms with Gasteiger partial charge in [0.2, 0.25) is 0 Å². The van der Waals surface area contributed by atoms with Gasteiger partial charge in [0.05, 0.1) is 28.4 Å². The SMILES string of the molecule is COc1cc(NS(=O)(=O)c2ccc3c(c2)NC(=O)C(C)O3)c(Cl)cc1C(=O)O. The highest BCUT2D eigenvalue weighted by Gasteiger charge is 2.26. The summed E-state index contributed by atoms with van der Waals surface area (Å²) in [5.74, 6) is -1.38. The fourth-order valence-electron chi connectivity index (χ4n) is 2.53. The number of ether oxygens (including phenoxy) is 2. The van der Waals surface area contributed by atoms with Crippen LogP contribution in [-0.4, -0.2) is 38.6 Å². The smallest absolute Gasteiger partial charge is 0.339 e. The number of hydrogen-bond donors (Lipinski definition) is 3. The first-order valence-electron chi connectivity index (χ1n) is 7.87. The number of benzene rings is 2. The summed E-state index contributed by atoms with van der Waals surface area (Å²) in [7, 11) is -2.85. The Labute approximate surface area is 165 Å². The highest BCUT2D eigenvalue weighted by Crippen LogP contribution is 2.35. The number of carbonyl (C=O) groups is 2. The number of anilines is 2. The predicted octanol–water partition coefficient (Wildman–Crippen LogP) is 2.57. The van der Waals surface area contributed by atoms with E-state index >= 15 is 0 Å². The van der Waals surface area contributed by atoms with Gasteiger partial charge < -0.3 is 19.9 Å². The van der Waals surface area contributed by atoms with Gasteiger partial charge in [-0.2, -0.15) is 0 Å². The zero-order valence-corrected chi connectivity index (χ0v) is 16.2. The molecule has 2 aromatic rings. The van der Waals surface area contributed by atoms with Crippen LogP contribution in [0.25, 0.3) is 0 Å². The number of amides is 1. The Bertz CT molecular complexity index is 1090. The molecule has 148 valence electrons. The zero-order valence-electron chi connectivity index (χ0n) is 14.6. The van der Waals surface area contributed by atoms with Crippen LogP contribution in [-0.2, 0) is 14.8 Å². The lowest BCUT2D eigenvalue weighted by Crippen LogP contribution is -2.34. The maximum atomic E-state index is 12.7. The second-order valence-corrected chi connectivity index (χ2v) is 7.94. The van der Waals surface area contributed by atoms with Crippen LogP contribution in [0, 0.1) is 0 Å². The number of carbonyl (C=O) groups excluding carboxylic acids is 1. The Morgan fingerprint density at radius 1 is 1.32 bits per heavy atom. The number of carboxylic acids is 1. The summed E-state index contributed by atoms with van der Waals surface area (Å²) >= 11 is 6.02. The molecule has 0 spiro atoms. The molecule has 2 aromatic carbocycles. The van der Waals surface area contributed by atoms with E-state index in [1.807, 2.05) is 0 Å². The van der Waals surface area contributed by atoms with Crippen LogP contribution in [0.1, 0.15) is 17.3 Å².